The summed E-state index contributed by atoms with van der Waals surface area (Å²) in [5.74, 6) is 0.917. The Hall–Kier alpha value is -2.82. The molecule has 1 atom stereocenters. The largest absolute Gasteiger partial charge is 0.497 e. The molecule has 1 saturated heterocycles. The maximum absolute atomic E-state index is 10.9. The molecule has 2 aromatic rings. The van der Waals surface area contributed by atoms with E-state index in [1.807, 2.05) is 24.3 Å². The number of aliphatic hydroxyl groups is 1. The molecule has 1 aliphatic rings. The van der Waals surface area contributed by atoms with Crippen LogP contribution in [0.4, 0.5) is 10.5 Å². The molecule has 5 N–H and O–H groups in total. The predicted octanol–water partition coefficient (Wildman–Crippen LogP) is 2.17. The second kappa shape index (κ2) is 13.5. The van der Waals surface area contributed by atoms with Gasteiger partial charge in [0.1, 0.15) is 5.75 Å². The molecule has 1 unspecified atom stereocenters. The molecule has 1 heterocycles. The number of aliphatic hydroxyl groups excluding tert-OH is 1. The van der Waals surface area contributed by atoms with Gasteiger partial charge in [-0.05, 0) is 49.7 Å². The minimum Gasteiger partial charge on any atom is -0.497 e. The molecule has 31 heavy (non-hydrogen) atoms. The number of benzene rings is 2. The fourth-order valence-corrected chi connectivity index (χ4v) is 2.96. The number of methoxy groups -OCH3 is 1. The molecule has 0 saturated carbocycles. The normalized spacial score (nSPS) is 14.9. The zero-order valence-corrected chi connectivity index (χ0v) is 18.8. The van der Waals surface area contributed by atoms with E-state index in [-0.39, 0.29) is 12.6 Å². The number of carbonyl (C=O) groups is 1. The quantitative estimate of drug-likeness (QED) is 0.468. The number of nitrogens with one attached hydrogen (secondary N) is 3. The van der Waals surface area contributed by atoms with Crippen molar-refractivity contribution in [1.29, 1.82) is 0 Å². The van der Waals surface area contributed by atoms with E-state index in [0.717, 1.165) is 37.1 Å². The summed E-state index contributed by atoms with van der Waals surface area (Å²) >= 11 is 0. The molecule has 0 spiro atoms. The van der Waals surface area contributed by atoms with Crippen molar-refractivity contribution in [3.05, 3.63) is 59.7 Å². The van der Waals surface area contributed by atoms with Gasteiger partial charge in [-0.15, -0.1) is 0 Å². The highest BCUT2D eigenvalue weighted by Gasteiger charge is 2.08. The van der Waals surface area contributed by atoms with Gasteiger partial charge >= 0.3 is 6.09 Å². The first-order chi connectivity index (χ1) is 14.6. The molecular weight excluding hydrogens is 422 g/mol. The maximum atomic E-state index is 10.9. The van der Waals surface area contributed by atoms with Crippen LogP contribution in [0.1, 0.15) is 17.5 Å². The number of hydrogen-bond acceptors (Lipinski definition) is 6. The van der Waals surface area contributed by atoms with E-state index in [0.29, 0.717) is 5.69 Å². The summed E-state index contributed by atoms with van der Waals surface area (Å²) < 4.78 is 29.1. The van der Waals surface area contributed by atoms with Crippen LogP contribution < -0.4 is 20.1 Å². The Bertz CT molecular complexity index is 880. The first-order valence-corrected chi connectivity index (χ1v) is 11.5. The van der Waals surface area contributed by atoms with Gasteiger partial charge in [-0.25, -0.2) is 13.2 Å². The van der Waals surface area contributed by atoms with Crippen LogP contribution in [-0.2, 0) is 16.6 Å². The van der Waals surface area contributed by atoms with Gasteiger partial charge in [-0.2, -0.15) is 0 Å². The van der Waals surface area contributed by atoms with Crippen LogP contribution in [0.2, 0.25) is 0 Å². The molecule has 0 radical (unpaired) electrons. The summed E-state index contributed by atoms with van der Waals surface area (Å²) in [4.78, 5) is 10.2. The van der Waals surface area contributed by atoms with Crippen molar-refractivity contribution >= 4 is 21.8 Å². The van der Waals surface area contributed by atoms with E-state index in [4.69, 9.17) is 14.9 Å². The average Bonchev–Trinajstić information content (AvgIpc) is 3.19. The smallest absolute Gasteiger partial charge is 0.404 e. The standard InChI is InChI=1S/C9H12N2O4S.C8H10O.C4H9NO/c1-16(14,15)11-8-4-2-7(3-5-8)6-10-9(12)13;1-7-3-5-8(9-2)6-4-7;6-4-1-2-5-3-4/h2-5,10-11H,6H2,1H3,(H,12,13);3-6H,1-2H3;4-6H,1-3H2. The summed E-state index contributed by atoms with van der Waals surface area (Å²) in [7, 11) is -1.60. The fraction of sp³-hybridized carbons (Fsp3) is 0.381. The number of sulfonamides is 1. The zero-order chi connectivity index (χ0) is 23.3. The molecule has 1 amide bonds. The van der Waals surface area contributed by atoms with E-state index >= 15 is 0 Å². The Morgan fingerprint density at radius 3 is 2.16 bits per heavy atom. The lowest BCUT2D eigenvalue weighted by atomic mass is 10.2. The Labute approximate surface area is 183 Å². The molecule has 0 aromatic heterocycles. The van der Waals surface area contributed by atoms with Crippen LogP contribution >= 0.6 is 0 Å². The van der Waals surface area contributed by atoms with E-state index in [2.05, 4.69) is 22.3 Å². The lowest BCUT2D eigenvalue weighted by Gasteiger charge is -2.05. The highest BCUT2D eigenvalue weighted by Crippen LogP contribution is 2.11. The first kappa shape index (κ1) is 26.2. The second-order valence-electron chi connectivity index (χ2n) is 6.89. The van der Waals surface area contributed by atoms with Gasteiger partial charge in [0.15, 0.2) is 0 Å². The van der Waals surface area contributed by atoms with Crippen molar-refractivity contribution in [2.75, 3.05) is 31.2 Å². The molecular formula is C21H31N3O6S. The third-order valence-corrected chi connectivity index (χ3v) is 4.60. The minimum atomic E-state index is -3.28. The fourth-order valence-electron chi connectivity index (χ4n) is 2.40. The highest BCUT2D eigenvalue weighted by molar-refractivity contribution is 7.92. The topological polar surface area (TPSA) is 137 Å². The number of ether oxygens (including phenoxy) is 1. The van der Waals surface area contributed by atoms with E-state index in [9.17, 15) is 13.2 Å². The van der Waals surface area contributed by atoms with Crippen molar-refractivity contribution < 1.29 is 28.2 Å². The van der Waals surface area contributed by atoms with Crippen LogP contribution in [0.5, 0.6) is 5.75 Å². The van der Waals surface area contributed by atoms with Gasteiger partial charge in [-0.1, -0.05) is 29.8 Å². The number of hydrogen-bond donors (Lipinski definition) is 5. The summed E-state index contributed by atoms with van der Waals surface area (Å²) in [5.41, 5.74) is 2.46. The van der Waals surface area contributed by atoms with Crippen molar-refractivity contribution in [3.8, 4) is 5.75 Å². The van der Waals surface area contributed by atoms with Crippen molar-refractivity contribution in [2.24, 2.45) is 0 Å². The first-order valence-electron chi connectivity index (χ1n) is 9.62. The lowest BCUT2D eigenvalue weighted by Crippen LogP contribution is -2.19. The van der Waals surface area contributed by atoms with E-state index in [1.54, 1.807) is 31.4 Å². The number of amides is 1. The molecule has 9 nitrogen and oxygen atoms in total. The van der Waals surface area contributed by atoms with Crippen LogP contribution in [0, 0.1) is 6.92 Å². The molecule has 2 aromatic carbocycles. The molecule has 172 valence electrons. The Balaban J connectivity index is 0.000000266. The number of aryl methyl sites for hydroxylation is 1. The summed E-state index contributed by atoms with van der Waals surface area (Å²) in [5, 5.41) is 22.3. The van der Waals surface area contributed by atoms with Gasteiger partial charge in [0, 0.05) is 18.8 Å². The van der Waals surface area contributed by atoms with Gasteiger partial charge in [-0.3, -0.25) is 4.72 Å². The number of anilines is 1. The predicted molar refractivity (Wildman–Crippen MR) is 121 cm³/mol. The van der Waals surface area contributed by atoms with Crippen LogP contribution in [0.15, 0.2) is 48.5 Å². The van der Waals surface area contributed by atoms with Crippen molar-refractivity contribution in [3.63, 3.8) is 0 Å². The average molecular weight is 454 g/mol. The van der Waals surface area contributed by atoms with Gasteiger partial charge < -0.3 is 25.6 Å². The maximum Gasteiger partial charge on any atom is 0.404 e. The Kier molecular flexibility index (Phi) is 11.4. The van der Waals surface area contributed by atoms with Crippen LogP contribution in [0.3, 0.4) is 0 Å². The monoisotopic (exact) mass is 453 g/mol. The van der Waals surface area contributed by atoms with Crippen LogP contribution in [-0.4, -0.2) is 57.3 Å². The molecule has 3 rings (SSSR count). The number of β-amino-alcohol motifs (C(OH)–C–C–N with tert-alkyl or cyclic N) is 1. The molecule has 10 heteroatoms. The number of rotatable bonds is 5. The minimum absolute atomic E-state index is 0.0648. The number of carboxylic acid groups (broad SMARTS) is 1. The lowest BCUT2D eigenvalue weighted by molar-refractivity contribution is 0.194. The Morgan fingerprint density at radius 1 is 1.16 bits per heavy atom. The molecule has 1 aliphatic heterocycles. The summed E-state index contributed by atoms with van der Waals surface area (Å²) in [6.07, 6.45) is 0.829. The summed E-state index contributed by atoms with van der Waals surface area (Å²) in [6, 6.07) is 14.4. The second-order valence-corrected chi connectivity index (χ2v) is 8.64. The van der Waals surface area contributed by atoms with Gasteiger partial charge in [0.05, 0.1) is 19.5 Å². The van der Waals surface area contributed by atoms with Crippen molar-refractivity contribution in [2.45, 2.75) is 26.0 Å². The highest BCUT2D eigenvalue weighted by atomic mass is 32.2. The molecule has 0 bridgehead atoms. The van der Waals surface area contributed by atoms with Gasteiger partial charge in [0.25, 0.3) is 0 Å². The third kappa shape index (κ3) is 13.2. The Morgan fingerprint density at radius 2 is 1.77 bits per heavy atom. The third-order valence-electron chi connectivity index (χ3n) is 3.99. The molecule has 0 aliphatic carbocycles. The summed E-state index contributed by atoms with van der Waals surface area (Å²) in [6.45, 7) is 4.02. The van der Waals surface area contributed by atoms with Crippen molar-refractivity contribution in [1.82, 2.24) is 10.6 Å². The molecule has 1 fully saturated rings. The zero-order valence-electron chi connectivity index (χ0n) is 18.0. The van der Waals surface area contributed by atoms with Crippen LogP contribution in [0.25, 0.3) is 0 Å². The van der Waals surface area contributed by atoms with E-state index in [1.165, 1.54) is 5.56 Å². The van der Waals surface area contributed by atoms with Gasteiger partial charge in [0.2, 0.25) is 10.0 Å². The SMILES string of the molecule is COc1ccc(C)cc1.CS(=O)(=O)Nc1ccc(CNC(=O)O)cc1.OC1CCNC1. The van der Waals surface area contributed by atoms with E-state index < -0.39 is 16.1 Å².